The zero-order valence-corrected chi connectivity index (χ0v) is 19.1. The van der Waals surface area contributed by atoms with E-state index >= 15 is 0 Å². The number of nitrogens with one attached hydrogen (secondary N) is 1. The van der Waals surface area contributed by atoms with E-state index in [0.717, 1.165) is 0 Å². The molecule has 0 unspecified atom stereocenters. The first kappa shape index (κ1) is 25.0. The zero-order valence-electron chi connectivity index (χ0n) is 19.1. The minimum atomic E-state index is -4.80. The highest BCUT2D eigenvalue weighted by Gasteiger charge is 2.31. The van der Waals surface area contributed by atoms with Gasteiger partial charge >= 0.3 is 12.4 Å². The molecule has 0 atom stereocenters. The van der Waals surface area contributed by atoms with E-state index < -0.39 is 6.36 Å². The molecule has 3 aromatic rings. The number of carbonyl (C=O) groups excluding carboxylic acids is 2. The van der Waals surface area contributed by atoms with E-state index in [1.54, 1.807) is 40.1 Å². The summed E-state index contributed by atoms with van der Waals surface area (Å²) < 4.78 is 54.6. The number of hydrogen-bond donors (Lipinski definition) is 1. The number of halogens is 4. The molecule has 0 bridgehead atoms. The summed E-state index contributed by atoms with van der Waals surface area (Å²) in [6.45, 7) is 1.03. The smallest absolute Gasteiger partial charge is 0.406 e. The number of urea groups is 1. The summed E-state index contributed by atoms with van der Waals surface area (Å²) >= 11 is 0. The Kier molecular flexibility index (Phi) is 7.42. The lowest BCUT2D eigenvalue weighted by atomic mass is 10.1. The molecule has 1 fully saturated rings. The fourth-order valence-electron chi connectivity index (χ4n) is 3.97. The Hall–Kier alpha value is -4.08. The summed E-state index contributed by atoms with van der Waals surface area (Å²) in [6.07, 6.45) is -4.07. The molecule has 1 N–H and O–H groups in total. The number of nitrogens with zero attached hydrogens (tertiary/aromatic N) is 2. The molecule has 0 saturated carbocycles. The average molecular weight is 501 g/mol. The summed E-state index contributed by atoms with van der Waals surface area (Å²) in [6, 6.07) is 17.7. The Morgan fingerprint density at radius 2 is 1.69 bits per heavy atom. The standard InChI is InChI=1S/C26H23F4N3O3/c27-20-10-8-18(9-11-20)15-24(34)31-21-5-2-6-22(16-21)33-13-3-12-32(25(33)35)17-19-4-1-7-23(14-19)36-26(28,29)30/h1-2,4-11,14,16H,3,12-13,15,17H2,(H,31,34). The third-order valence-corrected chi connectivity index (χ3v) is 5.54. The van der Waals surface area contributed by atoms with E-state index in [4.69, 9.17) is 0 Å². The predicted molar refractivity (Wildman–Crippen MR) is 126 cm³/mol. The fourth-order valence-corrected chi connectivity index (χ4v) is 3.97. The van der Waals surface area contributed by atoms with E-state index in [1.165, 1.54) is 42.5 Å². The van der Waals surface area contributed by atoms with Crippen molar-refractivity contribution in [2.24, 2.45) is 0 Å². The van der Waals surface area contributed by atoms with E-state index in [9.17, 15) is 27.2 Å². The number of carbonyl (C=O) groups is 2. The van der Waals surface area contributed by atoms with Crippen molar-refractivity contribution < 1.29 is 31.9 Å². The van der Waals surface area contributed by atoms with Gasteiger partial charge in [0.15, 0.2) is 0 Å². The van der Waals surface area contributed by atoms with Crippen molar-refractivity contribution in [1.82, 2.24) is 4.90 Å². The van der Waals surface area contributed by atoms with E-state index in [-0.39, 0.29) is 36.5 Å². The second-order valence-electron chi connectivity index (χ2n) is 8.31. The van der Waals surface area contributed by atoms with Gasteiger partial charge < -0.3 is 15.0 Å². The highest BCUT2D eigenvalue weighted by atomic mass is 19.4. The number of amides is 3. The van der Waals surface area contributed by atoms with Crippen molar-refractivity contribution in [3.05, 3.63) is 89.7 Å². The highest BCUT2D eigenvalue weighted by molar-refractivity contribution is 5.95. The molecule has 1 aliphatic heterocycles. The van der Waals surface area contributed by atoms with Gasteiger partial charge in [-0.25, -0.2) is 9.18 Å². The van der Waals surface area contributed by atoms with Crippen molar-refractivity contribution in [2.45, 2.75) is 25.7 Å². The normalized spacial score (nSPS) is 14.1. The van der Waals surface area contributed by atoms with Crippen LogP contribution in [0.3, 0.4) is 0 Å². The molecule has 0 aromatic heterocycles. The molecular formula is C26H23F4N3O3. The number of ether oxygens (including phenoxy) is 1. The first-order valence-corrected chi connectivity index (χ1v) is 11.2. The van der Waals surface area contributed by atoms with Crippen LogP contribution < -0.4 is 15.0 Å². The lowest BCUT2D eigenvalue weighted by molar-refractivity contribution is -0.274. The fraction of sp³-hybridized carbons (Fsp3) is 0.231. The molecule has 1 heterocycles. The van der Waals surface area contributed by atoms with Crippen LogP contribution in [0.15, 0.2) is 72.8 Å². The topological polar surface area (TPSA) is 61.9 Å². The second-order valence-corrected chi connectivity index (χ2v) is 8.31. The average Bonchev–Trinajstić information content (AvgIpc) is 2.81. The molecule has 4 rings (SSSR count). The van der Waals surface area contributed by atoms with E-state index in [0.29, 0.717) is 42.0 Å². The molecule has 188 valence electrons. The summed E-state index contributed by atoms with van der Waals surface area (Å²) in [7, 11) is 0. The lowest BCUT2D eigenvalue weighted by Crippen LogP contribution is -2.49. The van der Waals surface area contributed by atoms with Crippen LogP contribution in [0.4, 0.5) is 33.7 Å². The van der Waals surface area contributed by atoms with Crippen LogP contribution in [0.5, 0.6) is 5.75 Å². The van der Waals surface area contributed by atoms with Gasteiger partial charge in [-0.05, 0) is 60.0 Å². The van der Waals surface area contributed by atoms with Crippen molar-refractivity contribution in [2.75, 3.05) is 23.3 Å². The molecule has 0 aliphatic carbocycles. The molecule has 6 nitrogen and oxygen atoms in total. The van der Waals surface area contributed by atoms with Gasteiger partial charge in [0.25, 0.3) is 0 Å². The van der Waals surface area contributed by atoms with Gasteiger partial charge in [0.05, 0.1) is 6.42 Å². The quantitative estimate of drug-likeness (QED) is 0.420. The van der Waals surface area contributed by atoms with Crippen LogP contribution in [0, 0.1) is 5.82 Å². The Bertz CT molecular complexity index is 1230. The minimum absolute atomic E-state index is 0.0675. The maximum Gasteiger partial charge on any atom is 0.573 e. The number of benzene rings is 3. The van der Waals surface area contributed by atoms with Crippen LogP contribution in [0.2, 0.25) is 0 Å². The minimum Gasteiger partial charge on any atom is -0.406 e. The molecule has 0 spiro atoms. The summed E-state index contributed by atoms with van der Waals surface area (Å²) in [5, 5.41) is 2.79. The summed E-state index contributed by atoms with van der Waals surface area (Å²) in [4.78, 5) is 28.7. The maximum atomic E-state index is 13.2. The molecule has 3 amide bonds. The number of alkyl halides is 3. The second kappa shape index (κ2) is 10.7. The molecule has 1 aliphatic rings. The van der Waals surface area contributed by atoms with Crippen LogP contribution in [0.1, 0.15) is 17.5 Å². The van der Waals surface area contributed by atoms with Crippen LogP contribution in [-0.2, 0) is 17.8 Å². The van der Waals surface area contributed by atoms with Crippen LogP contribution >= 0.6 is 0 Å². The highest BCUT2D eigenvalue weighted by Crippen LogP contribution is 2.27. The molecule has 36 heavy (non-hydrogen) atoms. The Morgan fingerprint density at radius 3 is 2.44 bits per heavy atom. The van der Waals surface area contributed by atoms with Gasteiger partial charge in [-0.1, -0.05) is 30.3 Å². The van der Waals surface area contributed by atoms with Gasteiger partial charge in [-0.2, -0.15) is 0 Å². The summed E-state index contributed by atoms with van der Waals surface area (Å²) in [5.74, 6) is -1.01. The van der Waals surface area contributed by atoms with Gasteiger partial charge in [-0.3, -0.25) is 9.69 Å². The molecule has 1 saturated heterocycles. The molecule has 0 radical (unpaired) electrons. The third-order valence-electron chi connectivity index (χ3n) is 5.54. The Balaban J connectivity index is 1.41. The lowest BCUT2D eigenvalue weighted by Gasteiger charge is -2.36. The first-order valence-electron chi connectivity index (χ1n) is 11.2. The van der Waals surface area contributed by atoms with Crippen LogP contribution in [0.25, 0.3) is 0 Å². The molecule has 3 aromatic carbocycles. The van der Waals surface area contributed by atoms with Gasteiger partial charge in [0.2, 0.25) is 5.91 Å². The Morgan fingerprint density at radius 1 is 0.944 bits per heavy atom. The van der Waals surface area contributed by atoms with Crippen LogP contribution in [-0.4, -0.2) is 36.3 Å². The maximum absolute atomic E-state index is 13.2. The van der Waals surface area contributed by atoms with Crippen molar-refractivity contribution >= 4 is 23.3 Å². The van der Waals surface area contributed by atoms with Gasteiger partial charge in [-0.15, -0.1) is 13.2 Å². The van der Waals surface area contributed by atoms with E-state index in [1.807, 2.05) is 0 Å². The predicted octanol–water partition coefficient (Wildman–Crippen LogP) is 5.74. The number of hydrogen-bond acceptors (Lipinski definition) is 3. The van der Waals surface area contributed by atoms with Gasteiger partial charge in [0.1, 0.15) is 11.6 Å². The number of rotatable bonds is 7. The molecular weight excluding hydrogens is 478 g/mol. The largest absolute Gasteiger partial charge is 0.573 e. The molecule has 10 heteroatoms. The SMILES string of the molecule is O=C(Cc1ccc(F)cc1)Nc1cccc(N2CCCN(Cc3cccc(OC(F)(F)F)c3)C2=O)c1. The Labute approximate surface area is 205 Å². The zero-order chi connectivity index (χ0) is 25.7. The summed E-state index contributed by atoms with van der Waals surface area (Å²) in [5.41, 5.74) is 2.25. The third kappa shape index (κ3) is 6.74. The van der Waals surface area contributed by atoms with Crippen molar-refractivity contribution in [3.8, 4) is 5.75 Å². The van der Waals surface area contributed by atoms with Crippen molar-refractivity contribution in [1.29, 1.82) is 0 Å². The van der Waals surface area contributed by atoms with Crippen molar-refractivity contribution in [3.63, 3.8) is 0 Å². The van der Waals surface area contributed by atoms with Gasteiger partial charge in [0, 0.05) is 31.0 Å². The van der Waals surface area contributed by atoms with E-state index in [2.05, 4.69) is 10.1 Å². The first-order chi connectivity index (χ1) is 17.2. The monoisotopic (exact) mass is 501 g/mol. The number of anilines is 2.